The second-order valence-electron chi connectivity index (χ2n) is 5.90. The summed E-state index contributed by atoms with van der Waals surface area (Å²) in [5, 5.41) is 2.85. The molecule has 0 saturated carbocycles. The minimum absolute atomic E-state index is 0.0745. The van der Waals surface area contributed by atoms with Crippen LogP contribution in [0.1, 0.15) is 43.1 Å². The van der Waals surface area contributed by atoms with Crippen molar-refractivity contribution in [1.29, 1.82) is 0 Å². The molecule has 0 bridgehead atoms. The molecular formula is C15H20BrNO3. The molecule has 0 unspecified atom stereocenters. The highest BCUT2D eigenvalue weighted by Gasteiger charge is 2.19. The van der Waals surface area contributed by atoms with Gasteiger partial charge in [0.25, 0.3) is 0 Å². The Kier molecular flexibility index (Phi) is 5.34. The Morgan fingerprint density at radius 3 is 2.40 bits per heavy atom. The molecule has 20 heavy (non-hydrogen) atoms. The van der Waals surface area contributed by atoms with Gasteiger partial charge in [-0.1, -0.05) is 36.7 Å². The lowest BCUT2D eigenvalue weighted by atomic mass is 9.92. The lowest BCUT2D eigenvalue weighted by Crippen LogP contribution is -2.20. The van der Waals surface area contributed by atoms with Crippen LogP contribution in [0.15, 0.2) is 16.6 Å². The summed E-state index contributed by atoms with van der Waals surface area (Å²) in [6.45, 7) is 7.78. The molecule has 0 aliphatic carbocycles. The van der Waals surface area contributed by atoms with E-state index in [0.29, 0.717) is 23.2 Å². The molecule has 0 atom stereocenters. The Morgan fingerprint density at radius 1 is 1.30 bits per heavy atom. The third-order valence-electron chi connectivity index (χ3n) is 2.74. The van der Waals surface area contributed by atoms with Gasteiger partial charge in [0.05, 0.1) is 12.7 Å². The summed E-state index contributed by atoms with van der Waals surface area (Å²) < 4.78 is 5.46. The highest BCUT2D eigenvalue weighted by molar-refractivity contribution is 9.10. The average Bonchev–Trinajstić information content (AvgIpc) is 2.29. The van der Waals surface area contributed by atoms with Crippen molar-refractivity contribution in [1.82, 2.24) is 0 Å². The smallest absolute Gasteiger partial charge is 0.338 e. The molecule has 1 rings (SSSR count). The summed E-state index contributed by atoms with van der Waals surface area (Å²) in [5.41, 5.74) is 1.67. The highest BCUT2D eigenvalue weighted by Crippen LogP contribution is 2.27. The van der Waals surface area contributed by atoms with E-state index in [1.54, 1.807) is 19.1 Å². The predicted octanol–water partition coefficient (Wildman–Crippen LogP) is 3.92. The second-order valence-corrected chi connectivity index (χ2v) is 6.82. The Labute approximate surface area is 128 Å². The van der Waals surface area contributed by atoms with E-state index in [9.17, 15) is 9.59 Å². The number of methoxy groups -OCH3 is 1. The van der Waals surface area contributed by atoms with Crippen molar-refractivity contribution in [2.45, 2.75) is 34.1 Å². The number of carbonyl (C=O) groups is 2. The maximum absolute atomic E-state index is 12.0. The fourth-order valence-corrected chi connectivity index (χ4v) is 2.26. The van der Waals surface area contributed by atoms with E-state index >= 15 is 0 Å². The number of ether oxygens (including phenoxy) is 1. The first-order chi connectivity index (χ1) is 9.14. The molecule has 0 radical (unpaired) electrons. The van der Waals surface area contributed by atoms with Crippen molar-refractivity contribution >= 4 is 33.5 Å². The molecule has 5 heteroatoms. The monoisotopic (exact) mass is 341 g/mol. The van der Waals surface area contributed by atoms with Gasteiger partial charge in [-0.25, -0.2) is 4.79 Å². The van der Waals surface area contributed by atoms with Gasteiger partial charge in [0.15, 0.2) is 0 Å². The molecule has 4 nitrogen and oxygen atoms in total. The van der Waals surface area contributed by atoms with E-state index in [-0.39, 0.29) is 11.3 Å². The molecule has 0 saturated heterocycles. The number of anilines is 1. The van der Waals surface area contributed by atoms with Crippen LogP contribution in [0.3, 0.4) is 0 Å². The molecule has 0 aliphatic heterocycles. The van der Waals surface area contributed by atoms with Crippen LogP contribution >= 0.6 is 15.9 Å². The molecule has 0 spiro atoms. The van der Waals surface area contributed by atoms with E-state index in [0.717, 1.165) is 4.47 Å². The van der Waals surface area contributed by atoms with Crippen LogP contribution in [0, 0.1) is 12.3 Å². The summed E-state index contributed by atoms with van der Waals surface area (Å²) in [4.78, 5) is 23.7. The molecule has 1 N–H and O–H groups in total. The quantitative estimate of drug-likeness (QED) is 0.847. The standard InChI is InChI=1S/C15H20BrNO3/c1-9-11(14(19)20-5)6-10(16)7-12(9)17-13(18)8-15(2,3)4/h6-7H,8H2,1-5H3,(H,17,18). The predicted molar refractivity (Wildman–Crippen MR) is 82.9 cm³/mol. The maximum Gasteiger partial charge on any atom is 0.338 e. The van der Waals surface area contributed by atoms with E-state index in [1.165, 1.54) is 7.11 Å². The van der Waals surface area contributed by atoms with E-state index in [2.05, 4.69) is 21.2 Å². The molecule has 0 heterocycles. The molecule has 1 aromatic rings. The number of rotatable bonds is 3. The Hall–Kier alpha value is -1.36. The van der Waals surface area contributed by atoms with Gasteiger partial charge in [-0.05, 0) is 30.0 Å². The van der Waals surface area contributed by atoms with Crippen molar-refractivity contribution in [3.05, 3.63) is 27.7 Å². The molecule has 110 valence electrons. The van der Waals surface area contributed by atoms with E-state index in [1.807, 2.05) is 20.8 Å². The summed E-state index contributed by atoms with van der Waals surface area (Å²) in [5.74, 6) is -0.496. The Morgan fingerprint density at radius 2 is 1.90 bits per heavy atom. The molecule has 0 aromatic heterocycles. The van der Waals surface area contributed by atoms with Crippen LogP contribution in [-0.4, -0.2) is 19.0 Å². The summed E-state index contributed by atoms with van der Waals surface area (Å²) in [7, 11) is 1.33. The fraction of sp³-hybridized carbons (Fsp3) is 0.467. The fourth-order valence-electron chi connectivity index (χ4n) is 1.81. The average molecular weight is 342 g/mol. The number of esters is 1. The minimum Gasteiger partial charge on any atom is -0.465 e. The summed E-state index contributed by atoms with van der Waals surface area (Å²) >= 11 is 3.34. The van der Waals surface area contributed by atoms with Gasteiger partial charge < -0.3 is 10.1 Å². The number of halogens is 1. The van der Waals surface area contributed by atoms with Gasteiger partial charge in [0.2, 0.25) is 5.91 Å². The van der Waals surface area contributed by atoms with Crippen molar-refractivity contribution in [2.24, 2.45) is 5.41 Å². The molecule has 1 amide bonds. The summed E-state index contributed by atoms with van der Waals surface area (Å²) in [6, 6.07) is 3.46. The Balaban J connectivity index is 3.04. The maximum atomic E-state index is 12.0. The molecule has 0 aliphatic rings. The zero-order valence-electron chi connectivity index (χ0n) is 12.5. The zero-order chi connectivity index (χ0) is 15.5. The van der Waals surface area contributed by atoms with Crippen molar-refractivity contribution in [3.8, 4) is 0 Å². The number of hydrogen-bond acceptors (Lipinski definition) is 3. The van der Waals surface area contributed by atoms with E-state index < -0.39 is 5.97 Å². The molecule has 1 aromatic carbocycles. The normalized spacial score (nSPS) is 11.1. The number of amides is 1. The van der Waals surface area contributed by atoms with E-state index in [4.69, 9.17) is 4.74 Å². The van der Waals surface area contributed by atoms with Gasteiger partial charge in [-0.2, -0.15) is 0 Å². The number of carbonyl (C=O) groups excluding carboxylic acids is 2. The van der Waals surface area contributed by atoms with Crippen LogP contribution < -0.4 is 5.32 Å². The van der Waals surface area contributed by atoms with Crippen molar-refractivity contribution in [2.75, 3.05) is 12.4 Å². The number of hydrogen-bond donors (Lipinski definition) is 1. The zero-order valence-corrected chi connectivity index (χ0v) is 14.1. The SMILES string of the molecule is COC(=O)c1cc(Br)cc(NC(=O)CC(C)(C)C)c1C. The lowest BCUT2D eigenvalue weighted by Gasteiger charge is -2.18. The first kappa shape index (κ1) is 16.7. The Bertz CT molecular complexity index is 533. The largest absolute Gasteiger partial charge is 0.465 e. The molecular weight excluding hydrogens is 322 g/mol. The molecule has 0 fully saturated rings. The second kappa shape index (κ2) is 6.39. The number of nitrogens with one attached hydrogen (secondary N) is 1. The van der Waals surface area contributed by atoms with Crippen LogP contribution in [0.2, 0.25) is 0 Å². The van der Waals surface area contributed by atoms with Gasteiger partial charge in [0.1, 0.15) is 0 Å². The number of benzene rings is 1. The topological polar surface area (TPSA) is 55.4 Å². The van der Waals surface area contributed by atoms with Crippen LogP contribution in [-0.2, 0) is 9.53 Å². The first-order valence-electron chi connectivity index (χ1n) is 6.32. The lowest BCUT2D eigenvalue weighted by molar-refractivity contribution is -0.117. The highest BCUT2D eigenvalue weighted by atomic mass is 79.9. The summed E-state index contributed by atoms with van der Waals surface area (Å²) in [6.07, 6.45) is 0.409. The minimum atomic E-state index is -0.421. The first-order valence-corrected chi connectivity index (χ1v) is 7.11. The van der Waals surface area contributed by atoms with Crippen LogP contribution in [0.25, 0.3) is 0 Å². The van der Waals surface area contributed by atoms with Gasteiger partial charge in [-0.3, -0.25) is 4.79 Å². The van der Waals surface area contributed by atoms with Crippen molar-refractivity contribution < 1.29 is 14.3 Å². The van der Waals surface area contributed by atoms with Gasteiger partial charge in [-0.15, -0.1) is 0 Å². The van der Waals surface area contributed by atoms with Crippen molar-refractivity contribution in [3.63, 3.8) is 0 Å². The van der Waals surface area contributed by atoms with Gasteiger partial charge >= 0.3 is 5.97 Å². The third-order valence-corrected chi connectivity index (χ3v) is 3.20. The van der Waals surface area contributed by atoms with Gasteiger partial charge in [0, 0.05) is 16.6 Å². The third kappa shape index (κ3) is 4.63. The van der Waals surface area contributed by atoms with Crippen LogP contribution in [0.4, 0.5) is 5.69 Å². The van der Waals surface area contributed by atoms with Crippen LogP contribution in [0.5, 0.6) is 0 Å².